The van der Waals surface area contributed by atoms with E-state index in [2.05, 4.69) is 0 Å². The lowest BCUT2D eigenvalue weighted by Crippen LogP contribution is -2.00. The van der Waals surface area contributed by atoms with Gasteiger partial charge >= 0.3 is 0 Å². The molecule has 6 heteroatoms. The van der Waals surface area contributed by atoms with Crippen molar-refractivity contribution in [2.24, 2.45) is 0 Å². The monoisotopic (exact) mass is 438 g/mol. The molecule has 3 aromatic rings. The van der Waals surface area contributed by atoms with Crippen LogP contribution in [0.5, 0.6) is 23.0 Å². The summed E-state index contributed by atoms with van der Waals surface area (Å²) in [4.78, 5) is 12.5. The van der Waals surface area contributed by atoms with Gasteiger partial charge in [0, 0.05) is 11.1 Å². The third-order valence-corrected chi connectivity index (χ3v) is 4.96. The fraction of sp³-hybridized carbons (Fsp3) is 0.160. The minimum atomic E-state index is -0.210. The molecule has 0 aliphatic carbocycles. The predicted molar refractivity (Wildman–Crippen MR) is 122 cm³/mol. The average Bonchev–Trinajstić information content (AvgIpc) is 2.77. The lowest BCUT2D eigenvalue weighted by Gasteiger charge is -2.12. The lowest BCUT2D eigenvalue weighted by atomic mass is 10.1. The normalized spacial score (nSPS) is 10.8. The number of phenols is 1. The summed E-state index contributed by atoms with van der Waals surface area (Å²) in [5.41, 5.74) is 3.10. The maximum Gasteiger partial charge on any atom is 0.185 e. The summed E-state index contributed by atoms with van der Waals surface area (Å²) in [5.74, 6) is 1.29. The molecule has 1 N–H and O–H groups in total. The first-order chi connectivity index (χ1) is 14.9. The Morgan fingerprint density at radius 1 is 0.968 bits per heavy atom. The van der Waals surface area contributed by atoms with Crippen LogP contribution in [0.4, 0.5) is 0 Å². The second kappa shape index (κ2) is 10.0. The number of carbonyl (C=O) groups is 1. The number of aromatic hydroxyl groups is 1. The molecule has 0 aliphatic heterocycles. The fourth-order valence-electron chi connectivity index (χ4n) is 2.99. The van der Waals surface area contributed by atoms with Crippen LogP contribution in [0.25, 0.3) is 6.08 Å². The molecule has 5 nitrogen and oxygen atoms in total. The number of hydrogen-bond acceptors (Lipinski definition) is 5. The molecular formula is C25H23ClO5. The minimum absolute atomic E-state index is 0.0171. The van der Waals surface area contributed by atoms with Crippen molar-refractivity contribution < 1.29 is 24.1 Å². The highest BCUT2D eigenvalue weighted by molar-refractivity contribution is 6.32. The number of ketones is 1. The van der Waals surface area contributed by atoms with E-state index in [9.17, 15) is 9.90 Å². The lowest BCUT2D eigenvalue weighted by molar-refractivity contribution is 0.104. The molecule has 160 valence electrons. The molecule has 31 heavy (non-hydrogen) atoms. The second-order valence-corrected chi connectivity index (χ2v) is 7.29. The van der Waals surface area contributed by atoms with Gasteiger partial charge in [0.05, 0.1) is 19.2 Å². The Kier molecular flexibility index (Phi) is 7.21. The molecular weight excluding hydrogens is 416 g/mol. The van der Waals surface area contributed by atoms with E-state index in [1.54, 1.807) is 19.3 Å². The summed E-state index contributed by atoms with van der Waals surface area (Å²) in [6.07, 6.45) is 3.18. The Hall–Kier alpha value is -3.44. The Morgan fingerprint density at radius 2 is 1.71 bits per heavy atom. The van der Waals surface area contributed by atoms with Crippen molar-refractivity contribution in [1.82, 2.24) is 0 Å². The van der Waals surface area contributed by atoms with Gasteiger partial charge in [-0.1, -0.05) is 29.8 Å². The van der Waals surface area contributed by atoms with E-state index in [1.807, 2.05) is 43.3 Å². The summed E-state index contributed by atoms with van der Waals surface area (Å²) in [5, 5.41) is 10.2. The zero-order valence-corrected chi connectivity index (χ0v) is 18.3. The van der Waals surface area contributed by atoms with Crippen molar-refractivity contribution in [1.29, 1.82) is 0 Å². The van der Waals surface area contributed by atoms with Gasteiger partial charge in [-0.15, -0.1) is 0 Å². The maximum absolute atomic E-state index is 12.5. The van der Waals surface area contributed by atoms with Gasteiger partial charge in [-0.2, -0.15) is 0 Å². The number of benzene rings is 3. The molecule has 0 aliphatic rings. The SMILES string of the molecule is COc1cc(C(=O)/C=C/c2ccc(OC)c(COc3ccc(C)cc3Cl)c2)ccc1O. The van der Waals surface area contributed by atoms with Gasteiger partial charge in [-0.25, -0.2) is 0 Å². The van der Waals surface area contributed by atoms with Crippen LogP contribution >= 0.6 is 11.6 Å². The summed E-state index contributed by atoms with van der Waals surface area (Å²) < 4.78 is 16.3. The Bertz CT molecular complexity index is 1120. The van der Waals surface area contributed by atoms with E-state index in [1.165, 1.54) is 25.3 Å². The number of halogens is 1. The standard InChI is InChI=1S/C25H23ClO5/c1-16-4-10-24(20(26)12-16)31-15-19-13-17(6-11-23(19)29-2)5-8-21(27)18-7-9-22(28)25(14-18)30-3/h4-14,28H,15H2,1-3H3/b8-5+. The summed E-state index contributed by atoms with van der Waals surface area (Å²) >= 11 is 6.25. The van der Waals surface area contributed by atoms with E-state index in [0.717, 1.165) is 16.7 Å². The molecule has 3 aromatic carbocycles. The van der Waals surface area contributed by atoms with Gasteiger partial charge in [0.15, 0.2) is 17.3 Å². The largest absolute Gasteiger partial charge is 0.504 e. The molecule has 0 spiro atoms. The fourth-order valence-corrected chi connectivity index (χ4v) is 3.28. The second-order valence-electron chi connectivity index (χ2n) is 6.88. The highest BCUT2D eigenvalue weighted by Crippen LogP contribution is 2.29. The molecule has 0 fully saturated rings. The summed E-state index contributed by atoms with van der Waals surface area (Å²) in [7, 11) is 3.03. The van der Waals surface area contributed by atoms with Gasteiger partial charge in [0.2, 0.25) is 0 Å². The molecule has 0 radical (unpaired) electrons. The first kappa shape index (κ1) is 22.2. The van der Waals surface area contributed by atoms with Crippen molar-refractivity contribution in [2.75, 3.05) is 14.2 Å². The Morgan fingerprint density at radius 3 is 2.42 bits per heavy atom. The summed E-state index contributed by atoms with van der Waals surface area (Å²) in [6, 6.07) is 15.6. The topological polar surface area (TPSA) is 65.0 Å². The van der Waals surface area contributed by atoms with Gasteiger partial charge < -0.3 is 19.3 Å². The van der Waals surface area contributed by atoms with Crippen LogP contribution in [-0.2, 0) is 6.61 Å². The van der Waals surface area contributed by atoms with Gasteiger partial charge in [-0.3, -0.25) is 4.79 Å². The van der Waals surface area contributed by atoms with Crippen molar-refractivity contribution in [2.45, 2.75) is 13.5 Å². The van der Waals surface area contributed by atoms with Gasteiger partial charge in [0.25, 0.3) is 0 Å². The van der Waals surface area contributed by atoms with Crippen molar-refractivity contribution in [3.8, 4) is 23.0 Å². The highest BCUT2D eigenvalue weighted by atomic mass is 35.5. The number of allylic oxidation sites excluding steroid dienone is 1. The third-order valence-electron chi connectivity index (χ3n) is 4.67. The van der Waals surface area contributed by atoms with Crippen molar-refractivity contribution >= 4 is 23.5 Å². The number of hydrogen-bond donors (Lipinski definition) is 1. The quantitative estimate of drug-likeness (QED) is 0.353. The molecule has 0 saturated carbocycles. The molecule has 0 heterocycles. The maximum atomic E-state index is 12.5. The average molecular weight is 439 g/mol. The number of methoxy groups -OCH3 is 2. The van der Waals surface area contributed by atoms with Crippen LogP contribution in [0.2, 0.25) is 5.02 Å². The zero-order valence-electron chi connectivity index (χ0n) is 17.5. The van der Waals surface area contributed by atoms with E-state index in [-0.39, 0.29) is 23.9 Å². The smallest absolute Gasteiger partial charge is 0.185 e. The van der Waals surface area contributed by atoms with Crippen LogP contribution < -0.4 is 14.2 Å². The number of aryl methyl sites for hydroxylation is 1. The number of ether oxygens (including phenoxy) is 3. The van der Waals surface area contributed by atoms with Crippen LogP contribution in [0.3, 0.4) is 0 Å². The summed E-state index contributed by atoms with van der Waals surface area (Å²) in [6.45, 7) is 2.22. The molecule has 0 aromatic heterocycles. The third kappa shape index (κ3) is 5.58. The van der Waals surface area contributed by atoms with E-state index in [4.69, 9.17) is 25.8 Å². The highest BCUT2D eigenvalue weighted by Gasteiger charge is 2.09. The molecule has 3 rings (SSSR count). The van der Waals surface area contributed by atoms with Crippen LogP contribution in [-0.4, -0.2) is 25.1 Å². The molecule has 0 bridgehead atoms. The van der Waals surface area contributed by atoms with E-state index >= 15 is 0 Å². The molecule has 0 amide bonds. The number of carbonyl (C=O) groups excluding carboxylic acids is 1. The van der Waals surface area contributed by atoms with Crippen molar-refractivity contribution in [3.63, 3.8) is 0 Å². The van der Waals surface area contributed by atoms with E-state index < -0.39 is 0 Å². The predicted octanol–water partition coefficient (Wildman–Crippen LogP) is 5.85. The zero-order chi connectivity index (χ0) is 22.4. The molecule has 0 saturated heterocycles. The van der Waals surface area contributed by atoms with Gasteiger partial charge in [0.1, 0.15) is 18.1 Å². The number of rotatable bonds is 8. The van der Waals surface area contributed by atoms with Crippen LogP contribution in [0.15, 0.2) is 60.7 Å². The number of phenolic OH excluding ortho intramolecular Hbond substituents is 1. The minimum Gasteiger partial charge on any atom is -0.504 e. The van der Waals surface area contributed by atoms with Crippen LogP contribution in [0.1, 0.15) is 27.0 Å². The first-order valence-corrected chi connectivity index (χ1v) is 9.94. The molecule has 0 atom stereocenters. The first-order valence-electron chi connectivity index (χ1n) is 9.56. The molecule has 0 unspecified atom stereocenters. The van der Waals surface area contributed by atoms with Crippen molar-refractivity contribution in [3.05, 3.63) is 87.9 Å². The Labute approximate surface area is 186 Å². The Balaban J connectivity index is 1.77. The van der Waals surface area contributed by atoms with Crippen LogP contribution in [0, 0.1) is 6.92 Å². The van der Waals surface area contributed by atoms with Gasteiger partial charge in [-0.05, 0) is 66.6 Å². The van der Waals surface area contributed by atoms with E-state index in [0.29, 0.717) is 22.1 Å².